The van der Waals surface area contributed by atoms with Crippen molar-refractivity contribution >= 4 is 0 Å². The molecule has 0 amide bonds. The fraction of sp³-hybridized carbons (Fsp3) is 0.464. The summed E-state index contributed by atoms with van der Waals surface area (Å²) in [6.45, 7) is 10.3. The van der Waals surface area contributed by atoms with Crippen molar-refractivity contribution in [2.45, 2.75) is 52.4 Å². The minimum atomic E-state index is -0.594. The van der Waals surface area contributed by atoms with Crippen LogP contribution >= 0.6 is 0 Å². The van der Waals surface area contributed by atoms with Gasteiger partial charge in [0, 0.05) is 25.7 Å². The Labute approximate surface area is 209 Å². The van der Waals surface area contributed by atoms with E-state index in [-0.39, 0.29) is 12.2 Å². The number of ether oxygens (including phenoxy) is 3. The van der Waals surface area contributed by atoms with Crippen LogP contribution in [-0.2, 0) is 18.3 Å². The van der Waals surface area contributed by atoms with Crippen molar-refractivity contribution in [3.8, 4) is 28.6 Å². The lowest BCUT2D eigenvalue weighted by Gasteiger charge is -2.27. The second-order valence-corrected chi connectivity index (χ2v) is 9.71. The standard InChI is InChI=1S/C28H39N3O4/c1-7-17-31(18-22(32)20-34-28(2,3)4)19-25-26(21-11-9-8-10-12-21)29-30(5)27(25)35-24-15-13-23(33-6)14-16-24/h8-16,22,32H,7,17-20H2,1-6H3. The van der Waals surface area contributed by atoms with Crippen molar-refractivity contribution in [3.63, 3.8) is 0 Å². The van der Waals surface area contributed by atoms with Crippen LogP contribution in [-0.4, -0.2) is 58.3 Å². The number of rotatable bonds is 12. The average Bonchev–Trinajstić information content (AvgIpc) is 3.13. The molecule has 7 heteroatoms. The lowest BCUT2D eigenvalue weighted by atomic mass is 10.1. The Bertz CT molecular complexity index is 1040. The molecule has 1 N–H and O–H groups in total. The van der Waals surface area contributed by atoms with E-state index in [1.165, 1.54) is 0 Å². The van der Waals surface area contributed by atoms with Crippen molar-refractivity contribution in [2.24, 2.45) is 7.05 Å². The minimum Gasteiger partial charge on any atom is -0.497 e. The SMILES string of the molecule is CCCN(Cc1c(-c2ccccc2)nn(C)c1Oc1ccc(OC)cc1)CC(O)COC(C)(C)C. The van der Waals surface area contributed by atoms with Gasteiger partial charge in [-0.25, -0.2) is 4.68 Å². The van der Waals surface area contributed by atoms with Crippen LogP contribution in [0.1, 0.15) is 39.7 Å². The fourth-order valence-corrected chi connectivity index (χ4v) is 3.88. The molecular formula is C28H39N3O4. The molecule has 35 heavy (non-hydrogen) atoms. The van der Waals surface area contributed by atoms with Crippen molar-refractivity contribution in [1.29, 1.82) is 0 Å². The van der Waals surface area contributed by atoms with Gasteiger partial charge >= 0.3 is 0 Å². The molecule has 0 saturated heterocycles. The van der Waals surface area contributed by atoms with Gasteiger partial charge in [-0.3, -0.25) is 4.90 Å². The van der Waals surface area contributed by atoms with E-state index in [2.05, 4.69) is 24.0 Å². The number of methoxy groups -OCH3 is 1. The minimum absolute atomic E-state index is 0.289. The third-order valence-electron chi connectivity index (χ3n) is 5.51. The van der Waals surface area contributed by atoms with E-state index in [4.69, 9.17) is 19.3 Å². The molecule has 3 rings (SSSR count). The van der Waals surface area contributed by atoms with E-state index in [9.17, 15) is 5.11 Å². The van der Waals surface area contributed by atoms with Crippen LogP contribution in [0.3, 0.4) is 0 Å². The van der Waals surface area contributed by atoms with Crippen LogP contribution in [0.5, 0.6) is 17.4 Å². The van der Waals surface area contributed by atoms with E-state index >= 15 is 0 Å². The second-order valence-electron chi connectivity index (χ2n) is 9.71. The van der Waals surface area contributed by atoms with Gasteiger partial charge in [-0.1, -0.05) is 37.3 Å². The third kappa shape index (κ3) is 7.82. The van der Waals surface area contributed by atoms with Crippen LogP contribution in [0, 0.1) is 0 Å². The monoisotopic (exact) mass is 481 g/mol. The number of benzene rings is 2. The maximum Gasteiger partial charge on any atom is 0.222 e. The molecule has 1 unspecified atom stereocenters. The molecule has 0 bridgehead atoms. The summed E-state index contributed by atoms with van der Waals surface area (Å²) in [6.07, 6.45) is 0.367. The molecule has 7 nitrogen and oxygen atoms in total. The number of nitrogens with zero attached hydrogens (tertiary/aromatic N) is 3. The number of aliphatic hydroxyl groups is 1. The first-order chi connectivity index (χ1) is 16.7. The van der Waals surface area contributed by atoms with Gasteiger partial charge in [0.05, 0.1) is 31.0 Å². The second kappa shape index (κ2) is 12.2. The summed E-state index contributed by atoms with van der Waals surface area (Å²) in [5.74, 6) is 2.15. The number of aliphatic hydroxyl groups excluding tert-OH is 1. The summed E-state index contributed by atoms with van der Waals surface area (Å²) in [5.41, 5.74) is 2.58. The molecule has 0 radical (unpaired) electrons. The van der Waals surface area contributed by atoms with Gasteiger partial charge in [0.25, 0.3) is 0 Å². The summed E-state index contributed by atoms with van der Waals surface area (Å²) in [4.78, 5) is 2.24. The van der Waals surface area contributed by atoms with E-state index in [0.717, 1.165) is 35.5 Å². The molecule has 0 spiro atoms. The highest BCUT2D eigenvalue weighted by molar-refractivity contribution is 5.65. The van der Waals surface area contributed by atoms with Gasteiger partial charge in [-0.2, -0.15) is 5.10 Å². The predicted octanol–water partition coefficient (Wildman–Crippen LogP) is 5.28. The van der Waals surface area contributed by atoms with Crippen molar-refractivity contribution in [3.05, 3.63) is 60.2 Å². The fourth-order valence-electron chi connectivity index (χ4n) is 3.88. The third-order valence-corrected chi connectivity index (χ3v) is 5.51. The Hall–Kier alpha value is -2.87. The number of hydrogen-bond donors (Lipinski definition) is 1. The quantitative estimate of drug-likeness (QED) is 0.380. The van der Waals surface area contributed by atoms with Crippen LogP contribution in [0.2, 0.25) is 0 Å². The topological polar surface area (TPSA) is 69.0 Å². The highest BCUT2D eigenvalue weighted by Gasteiger charge is 2.24. The molecule has 1 heterocycles. The van der Waals surface area contributed by atoms with Crippen LogP contribution in [0.15, 0.2) is 54.6 Å². The number of aryl methyl sites for hydroxylation is 1. The Balaban J connectivity index is 1.91. The Morgan fingerprint density at radius 1 is 1.03 bits per heavy atom. The van der Waals surface area contributed by atoms with Crippen molar-refractivity contribution < 1.29 is 19.3 Å². The molecule has 0 saturated carbocycles. The van der Waals surface area contributed by atoms with Crippen LogP contribution in [0.4, 0.5) is 0 Å². The van der Waals surface area contributed by atoms with E-state index in [1.54, 1.807) is 11.8 Å². The summed E-state index contributed by atoms with van der Waals surface area (Å²) in [5, 5.41) is 15.5. The summed E-state index contributed by atoms with van der Waals surface area (Å²) in [7, 11) is 3.54. The molecule has 190 valence electrons. The summed E-state index contributed by atoms with van der Waals surface area (Å²) in [6, 6.07) is 17.6. The average molecular weight is 482 g/mol. The van der Waals surface area contributed by atoms with Crippen molar-refractivity contribution in [2.75, 3.05) is 26.8 Å². The first-order valence-corrected chi connectivity index (χ1v) is 12.2. The van der Waals surface area contributed by atoms with Gasteiger partial charge in [-0.15, -0.1) is 0 Å². The Morgan fingerprint density at radius 3 is 2.29 bits per heavy atom. The lowest BCUT2D eigenvalue weighted by Crippen LogP contribution is -2.37. The largest absolute Gasteiger partial charge is 0.497 e. The van der Waals surface area contributed by atoms with E-state index < -0.39 is 6.10 Å². The molecule has 1 aromatic heterocycles. The first kappa shape index (κ1) is 26.7. The van der Waals surface area contributed by atoms with Gasteiger partial charge in [0.1, 0.15) is 17.2 Å². The van der Waals surface area contributed by atoms with Gasteiger partial charge in [0.2, 0.25) is 5.88 Å². The molecule has 3 aromatic rings. The zero-order chi connectivity index (χ0) is 25.4. The molecule has 0 fully saturated rings. The zero-order valence-electron chi connectivity index (χ0n) is 21.8. The summed E-state index contributed by atoms with van der Waals surface area (Å²) < 4.78 is 19.2. The van der Waals surface area contributed by atoms with E-state index in [0.29, 0.717) is 24.7 Å². The highest BCUT2D eigenvalue weighted by Crippen LogP contribution is 2.34. The molecule has 1 atom stereocenters. The lowest BCUT2D eigenvalue weighted by molar-refractivity contribution is -0.0566. The maximum absolute atomic E-state index is 10.7. The molecule has 0 aliphatic heterocycles. The van der Waals surface area contributed by atoms with E-state index in [1.807, 2.05) is 70.3 Å². The molecular weight excluding hydrogens is 442 g/mol. The number of hydrogen-bond acceptors (Lipinski definition) is 6. The zero-order valence-corrected chi connectivity index (χ0v) is 21.8. The molecule has 0 aliphatic rings. The first-order valence-electron chi connectivity index (χ1n) is 12.2. The predicted molar refractivity (Wildman–Crippen MR) is 139 cm³/mol. The van der Waals surface area contributed by atoms with Gasteiger partial charge < -0.3 is 19.3 Å². The van der Waals surface area contributed by atoms with Gasteiger partial charge in [-0.05, 0) is 58.0 Å². The smallest absolute Gasteiger partial charge is 0.222 e. The Morgan fingerprint density at radius 2 is 1.69 bits per heavy atom. The van der Waals surface area contributed by atoms with Gasteiger partial charge in [0.15, 0.2) is 0 Å². The highest BCUT2D eigenvalue weighted by atomic mass is 16.5. The van der Waals surface area contributed by atoms with Crippen LogP contribution < -0.4 is 9.47 Å². The van der Waals surface area contributed by atoms with Crippen molar-refractivity contribution in [1.82, 2.24) is 14.7 Å². The molecule has 2 aromatic carbocycles. The Kier molecular flexibility index (Phi) is 9.32. The summed E-state index contributed by atoms with van der Waals surface area (Å²) >= 11 is 0. The van der Waals surface area contributed by atoms with Crippen LogP contribution in [0.25, 0.3) is 11.3 Å². The number of aromatic nitrogens is 2. The molecule has 0 aliphatic carbocycles. The maximum atomic E-state index is 10.7. The normalized spacial score (nSPS) is 12.7.